The number of hydrogen-bond acceptors (Lipinski definition) is 3. The first kappa shape index (κ1) is 16.6. The topological polar surface area (TPSA) is 38.8 Å². The van der Waals surface area contributed by atoms with Crippen molar-refractivity contribution < 1.29 is 14.3 Å². The fourth-order valence-corrected chi connectivity index (χ4v) is 2.19. The van der Waals surface area contributed by atoms with Crippen LogP contribution >= 0.6 is 0 Å². The Labute approximate surface area is 137 Å². The van der Waals surface area contributed by atoms with E-state index in [1.54, 1.807) is 38.3 Å². The summed E-state index contributed by atoms with van der Waals surface area (Å²) < 4.78 is 10.5. The average molecular weight is 311 g/mol. The van der Waals surface area contributed by atoms with Crippen LogP contribution in [0, 0.1) is 0 Å². The summed E-state index contributed by atoms with van der Waals surface area (Å²) in [5.41, 5.74) is 1.98. The van der Waals surface area contributed by atoms with Gasteiger partial charge in [0, 0.05) is 19.7 Å². The molecule has 0 aliphatic carbocycles. The number of hydrogen-bond donors (Lipinski definition) is 0. The zero-order chi connectivity index (χ0) is 16.7. The molecule has 0 fully saturated rings. The predicted octanol–water partition coefficient (Wildman–Crippen LogP) is 3.38. The molecule has 4 heteroatoms. The van der Waals surface area contributed by atoms with E-state index in [4.69, 9.17) is 9.47 Å². The second kappa shape index (κ2) is 8.03. The number of amides is 1. The fourth-order valence-electron chi connectivity index (χ4n) is 2.19. The van der Waals surface area contributed by atoms with Gasteiger partial charge in [0.2, 0.25) is 5.91 Å². The SMILES string of the molecule is COc1ccc(/C=C/C(=O)N(C)Cc2ccccc2)cc1OC. The molecule has 0 saturated carbocycles. The lowest BCUT2D eigenvalue weighted by Gasteiger charge is -2.15. The molecule has 0 aliphatic rings. The van der Waals surface area contributed by atoms with Crippen LogP contribution in [-0.4, -0.2) is 32.1 Å². The lowest BCUT2D eigenvalue weighted by atomic mass is 10.1. The summed E-state index contributed by atoms with van der Waals surface area (Å²) in [7, 11) is 4.97. The minimum atomic E-state index is -0.0522. The van der Waals surface area contributed by atoms with Gasteiger partial charge in [-0.3, -0.25) is 4.79 Å². The van der Waals surface area contributed by atoms with Crippen LogP contribution in [0.1, 0.15) is 11.1 Å². The van der Waals surface area contributed by atoms with Gasteiger partial charge < -0.3 is 14.4 Å². The summed E-state index contributed by atoms with van der Waals surface area (Å²) in [6.45, 7) is 0.579. The van der Waals surface area contributed by atoms with Gasteiger partial charge in [0.15, 0.2) is 11.5 Å². The summed E-state index contributed by atoms with van der Waals surface area (Å²) in [6, 6.07) is 15.4. The molecule has 0 aromatic heterocycles. The number of carbonyl (C=O) groups is 1. The Hall–Kier alpha value is -2.75. The number of nitrogens with zero attached hydrogens (tertiary/aromatic N) is 1. The first-order valence-corrected chi connectivity index (χ1v) is 7.33. The van der Waals surface area contributed by atoms with Crippen LogP contribution in [0.2, 0.25) is 0 Å². The van der Waals surface area contributed by atoms with Crippen molar-refractivity contribution in [2.75, 3.05) is 21.3 Å². The van der Waals surface area contributed by atoms with E-state index < -0.39 is 0 Å². The molecule has 4 nitrogen and oxygen atoms in total. The number of likely N-dealkylation sites (N-methyl/N-ethyl adjacent to an activating group) is 1. The van der Waals surface area contributed by atoms with E-state index in [0.717, 1.165) is 11.1 Å². The van der Waals surface area contributed by atoms with Crippen LogP contribution in [0.25, 0.3) is 6.08 Å². The molecule has 2 aromatic rings. The first-order valence-electron chi connectivity index (χ1n) is 7.33. The summed E-state index contributed by atoms with van der Waals surface area (Å²) in [6.07, 6.45) is 3.33. The van der Waals surface area contributed by atoms with E-state index in [1.165, 1.54) is 0 Å². The summed E-state index contributed by atoms with van der Waals surface area (Å²) >= 11 is 0. The maximum Gasteiger partial charge on any atom is 0.246 e. The molecule has 23 heavy (non-hydrogen) atoms. The largest absolute Gasteiger partial charge is 0.493 e. The number of methoxy groups -OCH3 is 2. The Kier molecular flexibility index (Phi) is 5.80. The van der Waals surface area contributed by atoms with Crippen molar-refractivity contribution in [3.8, 4) is 11.5 Å². The van der Waals surface area contributed by atoms with Crippen LogP contribution in [0.15, 0.2) is 54.6 Å². The number of benzene rings is 2. The van der Waals surface area contributed by atoms with Crippen molar-refractivity contribution in [2.24, 2.45) is 0 Å². The Morgan fingerprint density at radius 1 is 1.04 bits per heavy atom. The van der Waals surface area contributed by atoms with Crippen LogP contribution in [-0.2, 0) is 11.3 Å². The molecular formula is C19H21NO3. The van der Waals surface area contributed by atoms with Gasteiger partial charge in [-0.2, -0.15) is 0 Å². The summed E-state index contributed by atoms with van der Waals surface area (Å²) in [4.78, 5) is 13.9. The van der Waals surface area contributed by atoms with Gasteiger partial charge in [-0.1, -0.05) is 36.4 Å². The number of ether oxygens (including phenoxy) is 2. The van der Waals surface area contributed by atoms with Crippen molar-refractivity contribution in [3.63, 3.8) is 0 Å². The van der Waals surface area contributed by atoms with E-state index in [9.17, 15) is 4.79 Å². The second-order valence-electron chi connectivity index (χ2n) is 5.13. The van der Waals surface area contributed by atoms with E-state index in [1.807, 2.05) is 48.5 Å². The molecule has 0 bridgehead atoms. The van der Waals surface area contributed by atoms with Crippen molar-refractivity contribution in [1.29, 1.82) is 0 Å². The van der Waals surface area contributed by atoms with E-state index in [2.05, 4.69) is 0 Å². The molecule has 0 atom stereocenters. The quantitative estimate of drug-likeness (QED) is 0.768. The monoisotopic (exact) mass is 311 g/mol. The third kappa shape index (κ3) is 4.61. The highest BCUT2D eigenvalue weighted by atomic mass is 16.5. The Morgan fingerprint density at radius 3 is 2.39 bits per heavy atom. The Morgan fingerprint density at radius 2 is 1.74 bits per heavy atom. The summed E-state index contributed by atoms with van der Waals surface area (Å²) in [5, 5.41) is 0. The molecule has 0 N–H and O–H groups in total. The van der Waals surface area contributed by atoms with E-state index in [0.29, 0.717) is 18.0 Å². The molecular weight excluding hydrogens is 290 g/mol. The van der Waals surface area contributed by atoms with Crippen molar-refractivity contribution in [3.05, 3.63) is 65.7 Å². The molecule has 0 heterocycles. The molecule has 2 rings (SSSR count). The molecule has 0 radical (unpaired) electrons. The minimum Gasteiger partial charge on any atom is -0.493 e. The number of rotatable bonds is 6. The minimum absolute atomic E-state index is 0.0522. The molecule has 0 saturated heterocycles. The predicted molar refractivity (Wildman–Crippen MR) is 91.5 cm³/mol. The van der Waals surface area contributed by atoms with Crippen molar-refractivity contribution in [2.45, 2.75) is 6.54 Å². The maximum absolute atomic E-state index is 12.2. The standard InChI is InChI=1S/C19H21NO3/c1-20(14-16-7-5-4-6-8-16)19(21)12-10-15-9-11-17(22-2)18(13-15)23-3/h4-13H,14H2,1-3H3/b12-10+. The van der Waals surface area contributed by atoms with Gasteiger partial charge in [0.25, 0.3) is 0 Å². The second-order valence-corrected chi connectivity index (χ2v) is 5.13. The lowest BCUT2D eigenvalue weighted by molar-refractivity contribution is -0.125. The zero-order valence-corrected chi connectivity index (χ0v) is 13.7. The highest BCUT2D eigenvalue weighted by Gasteiger charge is 2.06. The fraction of sp³-hybridized carbons (Fsp3) is 0.211. The van der Waals surface area contributed by atoms with Gasteiger partial charge in [-0.15, -0.1) is 0 Å². The maximum atomic E-state index is 12.2. The molecule has 120 valence electrons. The van der Waals surface area contributed by atoms with Crippen LogP contribution in [0.4, 0.5) is 0 Å². The molecule has 2 aromatic carbocycles. The smallest absolute Gasteiger partial charge is 0.246 e. The van der Waals surface area contributed by atoms with Gasteiger partial charge >= 0.3 is 0 Å². The third-order valence-electron chi connectivity index (χ3n) is 3.46. The lowest BCUT2D eigenvalue weighted by Crippen LogP contribution is -2.24. The van der Waals surface area contributed by atoms with E-state index in [-0.39, 0.29) is 5.91 Å². The number of carbonyl (C=O) groups excluding carboxylic acids is 1. The highest BCUT2D eigenvalue weighted by molar-refractivity contribution is 5.91. The van der Waals surface area contributed by atoms with E-state index >= 15 is 0 Å². The summed E-state index contributed by atoms with van der Waals surface area (Å²) in [5.74, 6) is 1.25. The molecule has 0 unspecified atom stereocenters. The third-order valence-corrected chi connectivity index (χ3v) is 3.46. The van der Waals surface area contributed by atoms with Crippen molar-refractivity contribution in [1.82, 2.24) is 4.90 Å². The van der Waals surface area contributed by atoms with Crippen LogP contribution in [0.5, 0.6) is 11.5 Å². The molecule has 1 amide bonds. The Bertz CT molecular complexity index is 680. The van der Waals surface area contributed by atoms with Gasteiger partial charge in [-0.25, -0.2) is 0 Å². The van der Waals surface area contributed by atoms with Crippen molar-refractivity contribution >= 4 is 12.0 Å². The Balaban J connectivity index is 2.03. The molecule has 0 aliphatic heterocycles. The van der Waals surface area contributed by atoms with Gasteiger partial charge in [-0.05, 0) is 29.3 Å². The average Bonchev–Trinajstić information content (AvgIpc) is 2.60. The first-order chi connectivity index (χ1) is 11.1. The van der Waals surface area contributed by atoms with Gasteiger partial charge in [0.05, 0.1) is 14.2 Å². The highest BCUT2D eigenvalue weighted by Crippen LogP contribution is 2.27. The van der Waals surface area contributed by atoms with Gasteiger partial charge in [0.1, 0.15) is 0 Å². The van der Waals surface area contributed by atoms with Crippen LogP contribution < -0.4 is 9.47 Å². The normalized spacial score (nSPS) is 10.6. The zero-order valence-electron chi connectivity index (χ0n) is 13.7. The van der Waals surface area contributed by atoms with Crippen LogP contribution in [0.3, 0.4) is 0 Å². The molecule has 0 spiro atoms.